The van der Waals surface area contributed by atoms with E-state index in [4.69, 9.17) is 4.74 Å². The number of benzene rings is 1. The van der Waals surface area contributed by atoms with Crippen molar-refractivity contribution in [2.75, 3.05) is 27.7 Å². The van der Waals surface area contributed by atoms with Crippen molar-refractivity contribution in [3.8, 4) is 5.75 Å². The van der Waals surface area contributed by atoms with Crippen LogP contribution in [0.4, 0.5) is 0 Å². The maximum absolute atomic E-state index is 12.5. The van der Waals surface area contributed by atoms with Gasteiger partial charge in [0.25, 0.3) is 11.7 Å². The number of ether oxygens (including phenoxy) is 1. The first-order valence-electron chi connectivity index (χ1n) is 8.26. The Morgan fingerprint density at radius 2 is 2.00 bits per heavy atom. The highest BCUT2D eigenvalue weighted by molar-refractivity contribution is 5.90. The molecule has 1 unspecified atom stereocenters. The lowest BCUT2D eigenvalue weighted by Crippen LogP contribution is -2.35. The van der Waals surface area contributed by atoms with Crippen LogP contribution in [0.3, 0.4) is 0 Å². The third-order valence-electron chi connectivity index (χ3n) is 4.21. The molecule has 3 rings (SSSR count). The summed E-state index contributed by atoms with van der Waals surface area (Å²) in [5.74, 6) is 0.996. The Balaban J connectivity index is 1.73. The van der Waals surface area contributed by atoms with Gasteiger partial charge in [-0.25, -0.2) is 9.50 Å². The average Bonchev–Trinajstić information content (AvgIpc) is 3.08. The molecule has 26 heavy (non-hydrogen) atoms. The molecule has 0 aliphatic carbocycles. The average molecular weight is 354 g/mol. The maximum atomic E-state index is 12.5. The molecule has 2 aromatic heterocycles. The lowest BCUT2D eigenvalue weighted by molar-refractivity contribution is 0.0931. The van der Waals surface area contributed by atoms with Gasteiger partial charge in [-0.3, -0.25) is 4.79 Å². The molecule has 1 aromatic carbocycles. The summed E-state index contributed by atoms with van der Waals surface area (Å²) in [4.78, 5) is 22.8. The molecule has 136 valence electrons. The number of methoxy groups -OCH3 is 1. The van der Waals surface area contributed by atoms with Crippen molar-refractivity contribution in [1.82, 2.24) is 29.8 Å². The molecule has 2 heterocycles. The van der Waals surface area contributed by atoms with Crippen LogP contribution in [0.25, 0.3) is 5.78 Å². The van der Waals surface area contributed by atoms with Gasteiger partial charge in [0.15, 0.2) is 0 Å². The quantitative estimate of drug-likeness (QED) is 0.722. The molecular weight excluding hydrogens is 332 g/mol. The van der Waals surface area contributed by atoms with Gasteiger partial charge in [-0.05, 0) is 44.8 Å². The van der Waals surface area contributed by atoms with Gasteiger partial charge in [0.05, 0.1) is 13.2 Å². The summed E-state index contributed by atoms with van der Waals surface area (Å²) in [6.45, 7) is 2.32. The largest absolute Gasteiger partial charge is 0.497 e. The summed E-state index contributed by atoms with van der Waals surface area (Å²) < 4.78 is 6.75. The summed E-state index contributed by atoms with van der Waals surface area (Å²) in [7, 11) is 5.58. The number of amides is 1. The van der Waals surface area contributed by atoms with Crippen molar-refractivity contribution in [3.05, 3.63) is 53.6 Å². The number of carbonyl (C=O) groups is 1. The lowest BCUT2D eigenvalue weighted by atomic mass is 10.1. The fourth-order valence-corrected chi connectivity index (χ4v) is 2.70. The SMILES string of the molecule is COc1ccc(C(CNC(=O)c2nc3nccc(C)n3n2)N(C)C)cc1. The molecule has 0 saturated heterocycles. The number of fused-ring (bicyclic) bond motifs is 1. The fourth-order valence-electron chi connectivity index (χ4n) is 2.70. The monoisotopic (exact) mass is 354 g/mol. The zero-order valence-electron chi connectivity index (χ0n) is 15.3. The minimum Gasteiger partial charge on any atom is -0.497 e. The van der Waals surface area contributed by atoms with Crippen LogP contribution in [-0.4, -0.2) is 58.1 Å². The van der Waals surface area contributed by atoms with Crippen LogP contribution in [0.15, 0.2) is 36.5 Å². The van der Waals surface area contributed by atoms with E-state index in [1.807, 2.05) is 56.3 Å². The highest BCUT2D eigenvalue weighted by Gasteiger charge is 2.19. The molecule has 0 aliphatic heterocycles. The molecule has 8 heteroatoms. The molecule has 1 N–H and O–H groups in total. The molecule has 0 saturated carbocycles. The second kappa shape index (κ2) is 7.49. The second-order valence-corrected chi connectivity index (χ2v) is 6.20. The predicted molar refractivity (Wildman–Crippen MR) is 97.3 cm³/mol. The molecular formula is C18H22N6O2. The summed E-state index contributed by atoms with van der Waals surface area (Å²) >= 11 is 0. The number of aromatic nitrogens is 4. The van der Waals surface area contributed by atoms with E-state index in [-0.39, 0.29) is 17.8 Å². The summed E-state index contributed by atoms with van der Waals surface area (Å²) in [5.41, 5.74) is 1.95. The Hall–Kier alpha value is -3.00. The molecule has 1 amide bonds. The standard InChI is InChI=1S/C18H22N6O2/c1-12-9-10-19-18-21-16(22-24(12)18)17(25)20-11-15(23(2)3)13-5-7-14(26-4)8-6-13/h5-10,15H,11H2,1-4H3,(H,20,25). The number of nitrogens with one attached hydrogen (secondary N) is 1. The Morgan fingerprint density at radius 1 is 1.27 bits per heavy atom. The van der Waals surface area contributed by atoms with Crippen LogP contribution in [0, 0.1) is 6.92 Å². The van der Waals surface area contributed by atoms with E-state index in [0.717, 1.165) is 17.0 Å². The van der Waals surface area contributed by atoms with E-state index in [1.54, 1.807) is 17.8 Å². The highest BCUT2D eigenvalue weighted by atomic mass is 16.5. The molecule has 0 spiro atoms. The van der Waals surface area contributed by atoms with E-state index in [9.17, 15) is 4.79 Å². The molecule has 1 atom stereocenters. The van der Waals surface area contributed by atoms with Crippen molar-refractivity contribution in [2.24, 2.45) is 0 Å². The van der Waals surface area contributed by atoms with Crippen molar-refractivity contribution in [1.29, 1.82) is 0 Å². The van der Waals surface area contributed by atoms with Crippen molar-refractivity contribution >= 4 is 11.7 Å². The number of carbonyl (C=O) groups excluding carboxylic acids is 1. The Labute approximate surface area is 151 Å². The first-order chi connectivity index (χ1) is 12.5. The number of nitrogens with zero attached hydrogens (tertiary/aromatic N) is 5. The lowest BCUT2D eigenvalue weighted by Gasteiger charge is -2.25. The van der Waals surface area contributed by atoms with Crippen molar-refractivity contribution < 1.29 is 9.53 Å². The van der Waals surface area contributed by atoms with Gasteiger partial charge in [-0.1, -0.05) is 12.1 Å². The highest BCUT2D eigenvalue weighted by Crippen LogP contribution is 2.20. The minimum atomic E-state index is -0.324. The van der Waals surface area contributed by atoms with E-state index in [0.29, 0.717) is 12.3 Å². The van der Waals surface area contributed by atoms with Gasteiger partial charge >= 0.3 is 0 Å². The molecule has 8 nitrogen and oxygen atoms in total. The van der Waals surface area contributed by atoms with E-state index in [1.165, 1.54) is 0 Å². The van der Waals surface area contributed by atoms with Gasteiger partial charge < -0.3 is 15.0 Å². The Morgan fingerprint density at radius 3 is 2.62 bits per heavy atom. The molecule has 0 aliphatic rings. The van der Waals surface area contributed by atoms with E-state index in [2.05, 4.69) is 20.4 Å². The first kappa shape index (κ1) is 17.8. The first-order valence-corrected chi connectivity index (χ1v) is 8.26. The van der Waals surface area contributed by atoms with Gasteiger partial charge in [-0.2, -0.15) is 4.98 Å². The van der Waals surface area contributed by atoms with Gasteiger partial charge in [0.2, 0.25) is 5.82 Å². The van der Waals surface area contributed by atoms with Gasteiger partial charge in [-0.15, -0.1) is 5.10 Å². The Kier molecular flexibility index (Phi) is 5.13. The number of hydrogen-bond donors (Lipinski definition) is 1. The van der Waals surface area contributed by atoms with Crippen molar-refractivity contribution in [2.45, 2.75) is 13.0 Å². The Bertz CT molecular complexity index is 904. The third kappa shape index (κ3) is 3.65. The van der Waals surface area contributed by atoms with E-state index >= 15 is 0 Å². The summed E-state index contributed by atoms with van der Waals surface area (Å²) in [6, 6.07) is 9.63. The molecule has 3 aromatic rings. The fraction of sp³-hybridized carbons (Fsp3) is 0.333. The van der Waals surface area contributed by atoms with Gasteiger partial charge in [0.1, 0.15) is 5.75 Å². The van der Waals surface area contributed by atoms with E-state index < -0.39 is 0 Å². The maximum Gasteiger partial charge on any atom is 0.291 e. The van der Waals surface area contributed by atoms with Crippen LogP contribution in [0.2, 0.25) is 0 Å². The summed E-state index contributed by atoms with van der Waals surface area (Å²) in [6.07, 6.45) is 1.65. The topological polar surface area (TPSA) is 84.6 Å². The smallest absolute Gasteiger partial charge is 0.291 e. The predicted octanol–water partition coefficient (Wildman–Crippen LogP) is 1.47. The van der Waals surface area contributed by atoms with Crippen LogP contribution in [-0.2, 0) is 0 Å². The molecule has 0 radical (unpaired) electrons. The molecule has 0 fully saturated rings. The molecule has 0 bridgehead atoms. The third-order valence-corrected chi connectivity index (χ3v) is 4.21. The number of hydrogen-bond acceptors (Lipinski definition) is 6. The van der Waals surface area contributed by atoms with Crippen molar-refractivity contribution in [3.63, 3.8) is 0 Å². The number of likely N-dealkylation sites (N-methyl/N-ethyl adjacent to an activating group) is 1. The zero-order chi connectivity index (χ0) is 18.7. The number of rotatable bonds is 6. The van der Waals surface area contributed by atoms with Gasteiger partial charge in [0, 0.05) is 18.4 Å². The number of aryl methyl sites for hydroxylation is 1. The van der Waals surface area contributed by atoms with Crippen LogP contribution in [0.5, 0.6) is 5.75 Å². The van der Waals surface area contributed by atoms with Crippen LogP contribution >= 0.6 is 0 Å². The second-order valence-electron chi connectivity index (χ2n) is 6.20. The normalized spacial score (nSPS) is 12.3. The van der Waals surface area contributed by atoms with Crippen LogP contribution in [0.1, 0.15) is 27.9 Å². The minimum absolute atomic E-state index is 0.0155. The summed E-state index contributed by atoms with van der Waals surface area (Å²) in [5, 5.41) is 7.14. The zero-order valence-corrected chi connectivity index (χ0v) is 15.3. The van der Waals surface area contributed by atoms with Crippen LogP contribution < -0.4 is 10.1 Å².